The zero-order chi connectivity index (χ0) is 9.68. The van der Waals surface area contributed by atoms with Crippen LogP contribution in [0.5, 0.6) is 0 Å². The van der Waals surface area contributed by atoms with E-state index < -0.39 is 0 Å². The van der Waals surface area contributed by atoms with E-state index in [-0.39, 0.29) is 5.97 Å². The predicted molar refractivity (Wildman–Crippen MR) is 52.1 cm³/mol. The van der Waals surface area contributed by atoms with Crippen LogP contribution in [-0.4, -0.2) is 5.97 Å². The molecule has 0 bridgehead atoms. The summed E-state index contributed by atoms with van der Waals surface area (Å²) in [6, 6.07) is 0. The Labute approximate surface area is 79.3 Å². The number of allylic oxidation sites excluding steroid dienone is 2. The van der Waals surface area contributed by atoms with Gasteiger partial charge in [0.25, 0.3) is 0 Å². The molecule has 0 spiro atoms. The van der Waals surface area contributed by atoms with Gasteiger partial charge < -0.3 is 4.74 Å². The highest BCUT2D eigenvalue weighted by Gasteiger charge is 2.12. The second-order valence-electron chi connectivity index (χ2n) is 3.58. The normalized spacial score (nSPS) is 16.0. The molecule has 1 rings (SSSR count). The molecule has 0 N–H and O–H groups in total. The Hall–Kier alpha value is -1.05. The van der Waals surface area contributed by atoms with Crippen molar-refractivity contribution < 1.29 is 9.53 Å². The summed E-state index contributed by atoms with van der Waals surface area (Å²) < 4.78 is 4.97. The first-order valence-electron chi connectivity index (χ1n) is 4.73. The molecule has 0 fully saturated rings. The zero-order valence-corrected chi connectivity index (χ0v) is 8.30. The van der Waals surface area contributed by atoms with Crippen molar-refractivity contribution in [2.45, 2.75) is 39.5 Å². The molecular formula is C11H16O2. The lowest BCUT2D eigenvalue weighted by Gasteiger charge is -2.09. The van der Waals surface area contributed by atoms with Gasteiger partial charge in [-0.25, -0.2) is 4.79 Å². The van der Waals surface area contributed by atoms with E-state index in [9.17, 15) is 4.79 Å². The Morgan fingerprint density at radius 2 is 2.23 bits per heavy atom. The van der Waals surface area contributed by atoms with E-state index in [0.717, 1.165) is 30.4 Å². The average molecular weight is 180 g/mol. The minimum atomic E-state index is -0.180. The van der Waals surface area contributed by atoms with E-state index in [0.29, 0.717) is 0 Å². The van der Waals surface area contributed by atoms with Crippen molar-refractivity contribution in [3.8, 4) is 0 Å². The fraction of sp³-hybridized carbons (Fsp3) is 0.545. The molecule has 0 aromatic heterocycles. The summed E-state index contributed by atoms with van der Waals surface area (Å²) in [5.74, 6) is -0.180. The SMILES string of the molecule is CC(C)=COC(=O)C1=CCCCC1. The molecule has 0 atom stereocenters. The highest BCUT2D eigenvalue weighted by atomic mass is 16.5. The molecule has 0 saturated heterocycles. The Kier molecular flexibility index (Phi) is 3.74. The quantitative estimate of drug-likeness (QED) is 0.482. The van der Waals surface area contributed by atoms with Crippen LogP contribution in [-0.2, 0) is 9.53 Å². The van der Waals surface area contributed by atoms with Crippen LogP contribution in [0.25, 0.3) is 0 Å². The lowest BCUT2D eigenvalue weighted by atomic mass is 10.00. The van der Waals surface area contributed by atoms with Crippen LogP contribution in [0.3, 0.4) is 0 Å². The summed E-state index contributed by atoms with van der Waals surface area (Å²) in [6.45, 7) is 3.81. The molecule has 0 saturated carbocycles. The Morgan fingerprint density at radius 1 is 1.46 bits per heavy atom. The monoisotopic (exact) mass is 180 g/mol. The number of ether oxygens (including phenoxy) is 1. The van der Waals surface area contributed by atoms with Crippen LogP contribution in [0.1, 0.15) is 39.5 Å². The molecule has 13 heavy (non-hydrogen) atoms. The van der Waals surface area contributed by atoms with Crippen molar-refractivity contribution in [3.63, 3.8) is 0 Å². The van der Waals surface area contributed by atoms with Crippen LogP contribution in [0.2, 0.25) is 0 Å². The van der Waals surface area contributed by atoms with Gasteiger partial charge in [-0.1, -0.05) is 6.08 Å². The van der Waals surface area contributed by atoms with Gasteiger partial charge >= 0.3 is 5.97 Å². The van der Waals surface area contributed by atoms with Gasteiger partial charge in [-0.3, -0.25) is 0 Å². The molecule has 0 heterocycles. The minimum Gasteiger partial charge on any atom is -0.431 e. The molecule has 0 unspecified atom stereocenters. The summed E-state index contributed by atoms with van der Waals surface area (Å²) >= 11 is 0. The fourth-order valence-corrected chi connectivity index (χ4v) is 1.27. The second kappa shape index (κ2) is 4.85. The van der Waals surface area contributed by atoms with Gasteiger partial charge in [0.2, 0.25) is 0 Å². The van der Waals surface area contributed by atoms with Gasteiger partial charge in [0.15, 0.2) is 0 Å². The fourth-order valence-electron chi connectivity index (χ4n) is 1.27. The first kappa shape index (κ1) is 10.0. The van der Waals surface area contributed by atoms with Crippen molar-refractivity contribution in [3.05, 3.63) is 23.5 Å². The average Bonchev–Trinajstić information content (AvgIpc) is 2.15. The molecule has 0 aliphatic heterocycles. The topological polar surface area (TPSA) is 26.3 Å². The smallest absolute Gasteiger partial charge is 0.338 e. The molecule has 2 heteroatoms. The van der Waals surface area contributed by atoms with E-state index in [1.165, 1.54) is 12.7 Å². The number of carbonyl (C=O) groups excluding carboxylic acids is 1. The van der Waals surface area contributed by atoms with Crippen molar-refractivity contribution in [1.29, 1.82) is 0 Å². The van der Waals surface area contributed by atoms with Gasteiger partial charge in [-0.15, -0.1) is 0 Å². The second-order valence-corrected chi connectivity index (χ2v) is 3.58. The summed E-state index contributed by atoms with van der Waals surface area (Å²) in [6.07, 6.45) is 7.69. The number of rotatable bonds is 2. The van der Waals surface area contributed by atoms with Crippen LogP contribution < -0.4 is 0 Å². The van der Waals surface area contributed by atoms with E-state index in [2.05, 4.69) is 0 Å². The van der Waals surface area contributed by atoms with Crippen LogP contribution in [0.4, 0.5) is 0 Å². The van der Waals surface area contributed by atoms with Gasteiger partial charge in [0.05, 0.1) is 6.26 Å². The third kappa shape index (κ3) is 3.45. The van der Waals surface area contributed by atoms with Gasteiger partial charge in [-0.05, 0) is 45.1 Å². The molecule has 0 radical (unpaired) electrons. The third-order valence-corrected chi connectivity index (χ3v) is 1.95. The highest BCUT2D eigenvalue weighted by molar-refractivity contribution is 5.88. The molecule has 1 aliphatic carbocycles. The van der Waals surface area contributed by atoms with E-state index >= 15 is 0 Å². The maximum Gasteiger partial charge on any atom is 0.338 e. The lowest BCUT2D eigenvalue weighted by molar-refractivity contribution is -0.133. The maximum atomic E-state index is 11.4. The van der Waals surface area contributed by atoms with E-state index in [4.69, 9.17) is 4.74 Å². The van der Waals surface area contributed by atoms with Crippen molar-refractivity contribution in [2.75, 3.05) is 0 Å². The standard InChI is InChI=1S/C11H16O2/c1-9(2)8-13-11(12)10-6-4-3-5-7-10/h6,8H,3-5,7H2,1-2H3. The predicted octanol–water partition coefficient (Wildman–Crippen LogP) is 2.95. The van der Waals surface area contributed by atoms with Crippen molar-refractivity contribution >= 4 is 5.97 Å². The Morgan fingerprint density at radius 3 is 2.77 bits per heavy atom. The molecule has 72 valence electrons. The number of esters is 1. The molecule has 0 aromatic rings. The van der Waals surface area contributed by atoms with Gasteiger partial charge in [-0.2, -0.15) is 0 Å². The largest absolute Gasteiger partial charge is 0.431 e. The number of hydrogen-bond donors (Lipinski definition) is 0. The van der Waals surface area contributed by atoms with Crippen LogP contribution in [0, 0.1) is 0 Å². The number of hydrogen-bond acceptors (Lipinski definition) is 2. The first-order valence-corrected chi connectivity index (χ1v) is 4.73. The highest BCUT2D eigenvalue weighted by Crippen LogP contribution is 2.18. The molecule has 1 aliphatic rings. The Bertz CT molecular complexity index is 245. The van der Waals surface area contributed by atoms with Crippen LogP contribution in [0.15, 0.2) is 23.5 Å². The molecule has 0 amide bonds. The molecule has 2 nitrogen and oxygen atoms in total. The van der Waals surface area contributed by atoms with Gasteiger partial charge in [0, 0.05) is 5.57 Å². The van der Waals surface area contributed by atoms with E-state index in [1.54, 1.807) is 0 Å². The van der Waals surface area contributed by atoms with Crippen molar-refractivity contribution in [2.24, 2.45) is 0 Å². The minimum absolute atomic E-state index is 0.180. The summed E-state index contributed by atoms with van der Waals surface area (Å²) in [7, 11) is 0. The number of carbonyl (C=O) groups is 1. The van der Waals surface area contributed by atoms with E-state index in [1.807, 2.05) is 19.9 Å². The summed E-state index contributed by atoms with van der Waals surface area (Å²) in [5.41, 5.74) is 1.84. The molecule has 0 aromatic carbocycles. The zero-order valence-electron chi connectivity index (χ0n) is 8.30. The van der Waals surface area contributed by atoms with Crippen LogP contribution >= 0.6 is 0 Å². The van der Waals surface area contributed by atoms with Crippen molar-refractivity contribution in [1.82, 2.24) is 0 Å². The summed E-state index contributed by atoms with van der Waals surface area (Å²) in [5, 5.41) is 0. The molecular weight excluding hydrogens is 164 g/mol. The lowest BCUT2D eigenvalue weighted by Crippen LogP contribution is -2.07. The van der Waals surface area contributed by atoms with Gasteiger partial charge in [0.1, 0.15) is 0 Å². The first-order chi connectivity index (χ1) is 6.20. The summed E-state index contributed by atoms with van der Waals surface area (Å²) in [4.78, 5) is 11.4. The third-order valence-electron chi connectivity index (χ3n) is 1.95. The maximum absolute atomic E-state index is 11.4. The Balaban J connectivity index is 2.47.